The van der Waals surface area contributed by atoms with E-state index < -0.39 is 0 Å². The van der Waals surface area contributed by atoms with Crippen LogP contribution in [0.15, 0.2) is 48.5 Å². The van der Waals surface area contributed by atoms with Gasteiger partial charge in [-0.25, -0.2) is 4.98 Å². The van der Waals surface area contributed by atoms with Crippen molar-refractivity contribution < 1.29 is 0 Å². The lowest BCUT2D eigenvalue weighted by molar-refractivity contribution is 0.671. The van der Waals surface area contributed by atoms with Crippen molar-refractivity contribution in [1.29, 1.82) is 0 Å². The molecule has 0 radical (unpaired) electrons. The Kier molecular flexibility index (Phi) is 3.86. The minimum Gasteiger partial charge on any atom is -0.378 e. The molecular formula is C18H22N4. The molecule has 0 saturated carbocycles. The third-order valence-electron chi connectivity index (χ3n) is 4.05. The van der Waals surface area contributed by atoms with Crippen LogP contribution in [-0.2, 0) is 6.54 Å². The summed E-state index contributed by atoms with van der Waals surface area (Å²) in [5, 5.41) is 0. The van der Waals surface area contributed by atoms with Crippen molar-refractivity contribution in [2.24, 2.45) is 5.73 Å². The van der Waals surface area contributed by atoms with Crippen molar-refractivity contribution in [1.82, 2.24) is 9.55 Å². The Balaban J connectivity index is 2.02. The van der Waals surface area contributed by atoms with Gasteiger partial charge in [0.2, 0.25) is 0 Å². The highest BCUT2D eigenvalue weighted by Gasteiger charge is 2.17. The molecule has 0 fully saturated rings. The van der Waals surface area contributed by atoms with Gasteiger partial charge in [0.1, 0.15) is 5.82 Å². The van der Waals surface area contributed by atoms with Crippen molar-refractivity contribution in [2.75, 3.05) is 19.0 Å². The van der Waals surface area contributed by atoms with Gasteiger partial charge < -0.3 is 15.2 Å². The predicted molar refractivity (Wildman–Crippen MR) is 92.2 cm³/mol. The zero-order chi connectivity index (χ0) is 15.7. The van der Waals surface area contributed by atoms with Crippen LogP contribution in [0.25, 0.3) is 11.0 Å². The number of fused-ring (bicyclic) bond motifs is 1. The molecule has 1 heterocycles. The molecule has 3 aromatic rings. The number of hydrogen-bond donors (Lipinski definition) is 1. The van der Waals surface area contributed by atoms with Crippen LogP contribution < -0.4 is 10.6 Å². The summed E-state index contributed by atoms with van der Waals surface area (Å²) in [6, 6.07) is 16.3. The van der Waals surface area contributed by atoms with E-state index in [0.29, 0.717) is 0 Å². The Morgan fingerprint density at radius 3 is 2.41 bits per heavy atom. The van der Waals surface area contributed by atoms with Crippen molar-refractivity contribution in [3.8, 4) is 0 Å². The number of anilines is 1. The molecular weight excluding hydrogens is 272 g/mol. The predicted octanol–water partition coefficient (Wildman–Crippen LogP) is 3.17. The maximum Gasteiger partial charge on any atom is 0.131 e. The quantitative estimate of drug-likeness (QED) is 0.804. The van der Waals surface area contributed by atoms with E-state index in [4.69, 9.17) is 10.7 Å². The molecule has 4 heteroatoms. The van der Waals surface area contributed by atoms with Gasteiger partial charge in [-0.3, -0.25) is 0 Å². The molecule has 22 heavy (non-hydrogen) atoms. The Bertz CT molecular complexity index is 771. The molecule has 0 spiro atoms. The third kappa shape index (κ3) is 2.46. The van der Waals surface area contributed by atoms with Gasteiger partial charge in [0.25, 0.3) is 0 Å². The molecule has 1 aromatic heterocycles. The highest BCUT2D eigenvalue weighted by Crippen LogP contribution is 2.25. The summed E-state index contributed by atoms with van der Waals surface area (Å²) in [6.45, 7) is 2.98. The number of rotatable bonds is 4. The Hall–Kier alpha value is -2.33. The van der Waals surface area contributed by atoms with E-state index in [9.17, 15) is 0 Å². The standard InChI is InChI=1S/C18H22N4/c1-4-22-16-8-6-5-7-15(16)20-18(22)17(19)13-9-11-14(12-10-13)21(2)3/h5-12,17H,4,19H2,1-3H3. The number of para-hydroxylation sites is 2. The minimum atomic E-state index is -0.219. The van der Waals surface area contributed by atoms with Gasteiger partial charge in [0.05, 0.1) is 17.1 Å². The topological polar surface area (TPSA) is 47.1 Å². The second-order valence-corrected chi connectivity index (χ2v) is 5.67. The number of benzene rings is 2. The molecule has 2 N–H and O–H groups in total. The van der Waals surface area contributed by atoms with Crippen molar-refractivity contribution in [3.05, 3.63) is 59.9 Å². The third-order valence-corrected chi connectivity index (χ3v) is 4.05. The molecule has 0 aliphatic rings. The van der Waals surface area contributed by atoms with Gasteiger partial charge in [-0.05, 0) is 36.8 Å². The average molecular weight is 294 g/mol. The van der Waals surface area contributed by atoms with Gasteiger partial charge in [-0.1, -0.05) is 24.3 Å². The van der Waals surface area contributed by atoms with Crippen LogP contribution in [0.3, 0.4) is 0 Å². The summed E-state index contributed by atoms with van der Waals surface area (Å²) < 4.78 is 2.19. The fraction of sp³-hybridized carbons (Fsp3) is 0.278. The lowest BCUT2D eigenvalue weighted by atomic mass is 10.1. The molecule has 3 rings (SSSR count). The number of aromatic nitrogens is 2. The maximum atomic E-state index is 6.49. The molecule has 2 aromatic carbocycles. The fourth-order valence-corrected chi connectivity index (χ4v) is 2.79. The molecule has 0 aliphatic heterocycles. The van der Waals surface area contributed by atoms with Crippen LogP contribution in [0.1, 0.15) is 24.4 Å². The minimum absolute atomic E-state index is 0.219. The molecule has 0 saturated heterocycles. The number of aryl methyl sites for hydroxylation is 1. The van der Waals surface area contributed by atoms with Crippen LogP contribution in [0, 0.1) is 0 Å². The van der Waals surface area contributed by atoms with E-state index >= 15 is 0 Å². The second kappa shape index (κ2) is 5.81. The van der Waals surface area contributed by atoms with Gasteiger partial charge in [0.15, 0.2) is 0 Å². The van der Waals surface area contributed by atoms with E-state index in [1.54, 1.807) is 0 Å². The maximum absolute atomic E-state index is 6.49. The molecule has 114 valence electrons. The zero-order valence-corrected chi connectivity index (χ0v) is 13.3. The van der Waals surface area contributed by atoms with E-state index in [2.05, 4.69) is 46.7 Å². The average Bonchev–Trinajstić information content (AvgIpc) is 2.92. The first-order valence-corrected chi connectivity index (χ1v) is 7.60. The lowest BCUT2D eigenvalue weighted by Crippen LogP contribution is -2.18. The molecule has 0 aliphatic carbocycles. The summed E-state index contributed by atoms with van der Waals surface area (Å²) in [5.74, 6) is 0.918. The van der Waals surface area contributed by atoms with Gasteiger partial charge in [0, 0.05) is 26.3 Å². The summed E-state index contributed by atoms with van der Waals surface area (Å²) in [4.78, 5) is 6.82. The van der Waals surface area contributed by atoms with Crippen LogP contribution in [0.5, 0.6) is 0 Å². The Morgan fingerprint density at radius 1 is 1.09 bits per heavy atom. The van der Waals surface area contributed by atoms with Gasteiger partial charge in [-0.2, -0.15) is 0 Å². The first-order valence-electron chi connectivity index (χ1n) is 7.60. The van der Waals surface area contributed by atoms with Gasteiger partial charge >= 0.3 is 0 Å². The first kappa shape index (κ1) is 14.6. The summed E-state index contributed by atoms with van der Waals surface area (Å²) in [6.07, 6.45) is 0. The largest absolute Gasteiger partial charge is 0.378 e. The van der Waals surface area contributed by atoms with E-state index in [1.807, 2.05) is 32.3 Å². The summed E-state index contributed by atoms with van der Waals surface area (Å²) in [5.41, 5.74) is 10.9. The zero-order valence-electron chi connectivity index (χ0n) is 13.3. The molecule has 0 bridgehead atoms. The van der Waals surface area contributed by atoms with Crippen molar-refractivity contribution in [2.45, 2.75) is 19.5 Å². The van der Waals surface area contributed by atoms with Crippen LogP contribution in [0.4, 0.5) is 5.69 Å². The van der Waals surface area contributed by atoms with Gasteiger partial charge in [-0.15, -0.1) is 0 Å². The molecule has 1 unspecified atom stereocenters. The number of imidazole rings is 1. The summed E-state index contributed by atoms with van der Waals surface area (Å²) >= 11 is 0. The Morgan fingerprint density at radius 2 is 1.77 bits per heavy atom. The van der Waals surface area contributed by atoms with E-state index in [0.717, 1.165) is 29.0 Å². The first-order chi connectivity index (χ1) is 10.6. The lowest BCUT2D eigenvalue weighted by Gasteiger charge is -2.16. The van der Waals surface area contributed by atoms with Crippen LogP contribution in [0.2, 0.25) is 0 Å². The van der Waals surface area contributed by atoms with Crippen LogP contribution in [-0.4, -0.2) is 23.6 Å². The molecule has 0 amide bonds. The SMILES string of the molecule is CCn1c(C(N)c2ccc(N(C)C)cc2)nc2ccccc21. The normalized spacial score (nSPS) is 12.5. The van der Waals surface area contributed by atoms with E-state index in [-0.39, 0.29) is 6.04 Å². The monoisotopic (exact) mass is 294 g/mol. The number of nitrogens with two attached hydrogens (primary N) is 1. The Labute approximate surface area is 131 Å². The molecule has 4 nitrogen and oxygen atoms in total. The van der Waals surface area contributed by atoms with Crippen LogP contribution >= 0.6 is 0 Å². The fourth-order valence-electron chi connectivity index (χ4n) is 2.79. The smallest absolute Gasteiger partial charge is 0.131 e. The molecule has 1 atom stereocenters. The second-order valence-electron chi connectivity index (χ2n) is 5.67. The highest BCUT2D eigenvalue weighted by atomic mass is 15.1. The number of nitrogens with zero attached hydrogens (tertiary/aromatic N) is 3. The van der Waals surface area contributed by atoms with E-state index in [1.165, 1.54) is 5.69 Å². The highest BCUT2D eigenvalue weighted by molar-refractivity contribution is 5.76. The number of hydrogen-bond acceptors (Lipinski definition) is 3. The summed E-state index contributed by atoms with van der Waals surface area (Å²) in [7, 11) is 4.07. The van der Waals surface area contributed by atoms with Crippen molar-refractivity contribution >= 4 is 16.7 Å². The van der Waals surface area contributed by atoms with Crippen molar-refractivity contribution in [3.63, 3.8) is 0 Å².